The topological polar surface area (TPSA) is 81.1 Å². The Morgan fingerprint density at radius 3 is 2.39 bits per heavy atom. The minimum atomic E-state index is -2.02. The molecule has 1 heterocycles. The van der Waals surface area contributed by atoms with E-state index < -0.39 is 11.6 Å². The summed E-state index contributed by atoms with van der Waals surface area (Å²) in [6.07, 6.45) is 3.02. The fourth-order valence-corrected chi connectivity index (χ4v) is 2.95. The third kappa shape index (κ3) is 4.61. The van der Waals surface area contributed by atoms with E-state index in [0.29, 0.717) is 29.2 Å². The summed E-state index contributed by atoms with van der Waals surface area (Å²) in [5.74, 6) is 0.132. The number of likely N-dealkylation sites (N-methyl/N-ethyl adjacent to an activating group) is 1. The summed E-state index contributed by atoms with van der Waals surface area (Å²) >= 11 is 0. The summed E-state index contributed by atoms with van der Waals surface area (Å²) in [5.41, 5.74) is -1.39. The molecule has 7 heteroatoms. The van der Waals surface area contributed by atoms with Crippen LogP contribution < -0.4 is 9.47 Å². The smallest absolute Gasteiger partial charge is 0.347 e. The van der Waals surface area contributed by atoms with Gasteiger partial charge in [-0.1, -0.05) is 26.0 Å². The van der Waals surface area contributed by atoms with E-state index in [1.54, 1.807) is 36.5 Å². The maximum Gasteiger partial charge on any atom is 0.347 e. The standard InChI is InChI=1S/C21H28N2O5/c1-5-23(6-2)12-13-28-20(24)21(25,17-8-7-11-22-15-17)16-9-10-18(26-3)19(14-16)27-4/h7-11,14-15,25H,5-6,12-13H2,1-4H3. The zero-order valence-electron chi connectivity index (χ0n) is 16.8. The van der Waals surface area contributed by atoms with Crippen LogP contribution in [0.4, 0.5) is 0 Å². The minimum absolute atomic E-state index is 0.177. The average Bonchev–Trinajstić information content (AvgIpc) is 2.76. The number of methoxy groups -OCH3 is 2. The molecular weight excluding hydrogens is 360 g/mol. The number of aliphatic hydroxyl groups is 1. The maximum atomic E-state index is 13.0. The van der Waals surface area contributed by atoms with Crippen molar-refractivity contribution in [3.63, 3.8) is 0 Å². The molecule has 0 bridgehead atoms. The summed E-state index contributed by atoms with van der Waals surface area (Å²) in [4.78, 5) is 19.2. The molecule has 0 aliphatic carbocycles. The second-order valence-corrected chi connectivity index (χ2v) is 6.18. The summed E-state index contributed by atoms with van der Waals surface area (Å²) in [5, 5.41) is 11.5. The highest BCUT2D eigenvalue weighted by atomic mass is 16.6. The van der Waals surface area contributed by atoms with Gasteiger partial charge in [0.25, 0.3) is 0 Å². The number of aromatic nitrogens is 1. The Morgan fingerprint density at radius 2 is 1.82 bits per heavy atom. The molecular formula is C21H28N2O5. The van der Waals surface area contributed by atoms with Crippen LogP contribution >= 0.6 is 0 Å². The first-order valence-electron chi connectivity index (χ1n) is 9.26. The van der Waals surface area contributed by atoms with Crippen molar-refractivity contribution < 1.29 is 24.1 Å². The van der Waals surface area contributed by atoms with E-state index in [-0.39, 0.29) is 6.61 Å². The number of benzene rings is 1. The quantitative estimate of drug-likeness (QED) is 0.625. The lowest BCUT2D eigenvalue weighted by atomic mass is 9.87. The number of carbonyl (C=O) groups is 1. The summed E-state index contributed by atoms with van der Waals surface area (Å²) in [6, 6.07) is 8.11. The zero-order chi connectivity index (χ0) is 20.6. The van der Waals surface area contributed by atoms with Gasteiger partial charge in [-0.25, -0.2) is 4.79 Å². The average molecular weight is 388 g/mol. The lowest BCUT2D eigenvalue weighted by Gasteiger charge is -2.28. The number of ether oxygens (including phenoxy) is 3. The van der Waals surface area contributed by atoms with Gasteiger partial charge >= 0.3 is 5.97 Å². The lowest BCUT2D eigenvalue weighted by Crippen LogP contribution is -2.40. The number of pyridine rings is 1. The number of esters is 1. The van der Waals surface area contributed by atoms with Gasteiger partial charge in [0.15, 0.2) is 11.5 Å². The molecule has 1 atom stereocenters. The Morgan fingerprint density at radius 1 is 1.11 bits per heavy atom. The Hall–Kier alpha value is -2.64. The van der Waals surface area contributed by atoms with Crippen LogP contribution in [0.2, 0.25) is 0 Å². The normalized spacial score (nSPS) is 13.1. The second kappa shape index (κ2) is 10.1. The van der Waals surface area contributed by atoms with Gasteiger partial charge in [-0.3, -0.25) is 4.98 Å². The predicted octanol–water partition coefficient (Wildman–Crippen LogP) is 2.22. The minimum Gasteiger partial charge on any atom is -0.493 e. The molecule has 152 valence electrons. The van der Waals surface area contributed by atoms with E-state index in [4.69, 9.17) is 14.2 Å². The lowest BCUT2D eigenvalue weighted by molar-refractivity contribution is -0.162. The van der Waals surface area contributed by atoms with Crippen LogP contribution in [0.1, 0.15) is 25.0 Å². The molecule has 1 unspecified atom stereocenters. The first kappa shape index (κ1) is 21.7. The van der Waals surface area contributed by atoms with E-state index in [9.17, 15) is 9.90 Å². The molecule has 0 aliphatic rings. The van der Waals surface area contributed by atoms with Gasteiger partial charge in [0, 0.05) is 30.1 Å². The monoisotopic (exact) mass is 388 g/mol. The summed E-state index contributed by atoms with van der Waals surface area (Å²) in [7, 11) is 3.01. The van der Waals surface area contributed by atoms with Gasteiger partial charge in [0.1, 0.15) is 6.61 Å². The van der Waals surface area contributed by atoms with Gasteiger partial charge < -0.3 is 24.2 Å². The van der Waals surface area contributed by atoms with Crippen molar-refractivity contribution in [1.29, 1.82) is 0 Å². The molecule has 0 spiro atoms. The van der Waals surface area contributed by atoms with Crippen molar-refractivity contribution in [2.24, 2.45) is 0 Å². The predicted molar refractivity (Wildman–Crippen MR) is 106 cm³/mol. The summed E-state index contributed by atoms with van der Waals surface area (Å²) in [6.45, 7) is 6.57. The first-order chi connectivity index (χ1) is 13.5. The van der Waals surface area contributed by atoms with E-state index >= 15 is 0 Å². The number of carbonyl (C=O) groups excluding carboxylic acids is 1. The van der Waals surface area contributed by atoms with E-state index in [1.807, 2.05) is 13.8 Å². The van der Waals surface area contributed by atoms with Crippen molar-refractivity contribution in [3.05, 3.63) is 53.9 Å². The van der Waals surface area contributed by atoms with Crippen molar-refractivity contribution >= 4 is 5.97 Å². The van der Waals surface area contributed by atoms with Crippen LogP contribution in [0.15, 0.2) is 42.7 Å². The van der Waals surface area contributed by atoms with Crippen LogP contribution in [0.3, 0.4) is 0 Å². The summed E-state index contributed by atoms with van der Waals surface area (Å²) < 4.78 is 16.0. The van der Waals surface area contributed by atoms with E-state index in [1.165, 1.54) is 20.4 Å². The van der Waals surface area contributed by atoms with Gasteiger partial charge in [0.2, 0.25) is 5.60 Å². The number of nitrogens with zero attached hydrogens (tertiary/aromatic N) is 2. The molecule has 28 heavy (non-hydrogen) atoms. The molecule has 1 N–H and O–H groups in total. The zero-order valence-corrected chi connectivity index (χ0v) is 16.8. The van der Waals surface area contributed by atoms with Gasteiger partial charge in [0.05, 0.1) is 14.2 Å². The molecule has 1 aromatic carbocycles. The number of hydrogen-bond donors (Lipinski definition) is 1. The molecule has 0 saturated heterocycles. The van der Waals surface area contributed by atoms with Crippen LogP contribution in [-0.4, -0.2) is 61.4 Å². The van der Waals surface area contributed by atoms with Crippen molar-refractivity contribution in [1.82, 2.24) is 9.88 Å². The Labute approximate surface area is 165 Å². The molecule has 0 amide bonds. The molecule has 2 aromatic rings. The molecule has 0 saturated carbocycles. The maximum absolute atomic E-state index is 13.0. The fourth-order valence-electron chi connectivity index (χ4n) is 2.95. The third-order valence-corrected chi connectivity index (χ3v) is 4.71. The molecule has 0 aliphatic heterocycles. The Kier molecular flexibility index (Phi) is 7.78. The largest absolute Gasteiger partial charge is 0.493 e. The molecule has 0 radical (unpaired) electrons. The SMILES string of the molecule is CCN(CC)CCOC(=O)C(O)(c1cccnc1)c1ccc(OC)c(OC)c1. The fraction of sp³-hybridized carbons (Fsp3) is 0.429. The van der Waals surface area contributed by atoms with Crippen molar-refractivity contribution in [3.8, 4) is 11.5 Å². The molecule has 2 rings (SSSR count). The van der Waals surface area contributed by atoms with Gasteiger partial charge in [-0.2, -0.15) is 0 Å². The van der Waals surface area contributed by atoms with Crippen LogP contribution in [0.5, 0.6) is 11.5 Å². The second-order valence-electron chi connectivity index (χ2n) is 6.18. The van der Waals surface area contributed by atoms with E-state index in [0.717, 1.165) is 13.1 Å². The first-order valence-corrected chi connectivity index (χ1v) is 9.26. The van der Waals surface area contributed by atoms with Gasteiger partial charge in [-0.05, 0) is 31.3 Å². The highest BCUT2D eigenvalue weighted by Gasteiger charge is 2.42. The van der Waals surface area contributed by atoms with Crippen LogP contribution in [-0.2, 0) is 15.1 Å². The van der Waals surface area contributed by atoms with Gasteiger partial charge in [-0.15, -0.1) is 0 Å². The molecule has 7 nitrogen and oxygen atoms in total. The van der Waals surface area contributed by atoms with Crippen LogP contribution in [0.25, 0.3) is 0 Å². The number of hydrogen-bond acceptors (Lipinski definition) is 7. The van der Waals surface area contributed by atoms with Crippen molar-refractivity contribution in [2.45, 2.75) is 19.4 Å². The van der Waals surface area contributed by atoms with Crippen LogP contribution in [0, 0.1) is 0 Å². The third-order valence-electron chi connectivity index (χ3n) is 4.71. The Balaban J connectivity index is 2.38. The highest BCUT2D eigenvalue weighted by Crippen LogP contribution is 2.36. The Bertz CT molecular complexity index is 765. The number of rotatable bonds is 10. The van der Waals surface area contributed by atoms with Crippen molar-refractivity contribution in [2.75, 3.05) is 40.5 Å². The highest BCUT2D eigenvalue weighted by molar-refractivity contribution is 5.85. The molecule has 0 fully saturated rings. The van der Waals surface area contributed by atoms with E-state index in [2.05, 4.69) is 9.88 Å². The molecule has 1 aromatic heterocycles.